The number of ether oxygens (including phenoxy) is 1. The molecule has 5 nitrogen and oxygen atoms in total. The minimum absolute atomic E-state index is 0.165. The lowest BCUT2D eigenvalue weighted by Crippen LogP contribution is -2.38. The molecule has 0 saturated carbocycles. The van der Waals surface area contributed by atoms with Gasteiger partial charge in [-0.3, -0.25) is 0 Å². The van der Waals surface area contributed by atoms with Crippen molar-refractivity contribution < 1.29 is 13.2 Å². The van der Waals surface area contributed by atoms with E-state index in [2.05, 4.69) is 17.0 Å². The van der Waals surface area contributed by atoms with Gasteiger partial charge in [0.25, 0.3) is 0 Å². The summed E-state index contributed by atoms with van der Waals surface area (Å²) >= 11 is 0. The normalized spacial score (nSPS) is 24.4. The predicted molar refractivity (Wildman–Crippen MR) is 87.6 cm³/mol. The molecular formula is C16H24N2O3S. The average molecular weight is 324 g/mol. The summed E-state index contributed by atoms with van der Waals surface area (Å²) in [5, 5.41) is 0. The van der Waals surface area contributed by atoms with E-state index in [1.165, 1.54) is 5.69 Å². The molecule has 0 bridgehead atoms. The van der Waals surface area contributed by atoms with Gasteiger partial charge in [-0.1, -0.05) is 18.2 Å². The van der Waals surface area contributed by atoms with Gasteiger partial charge in [0, 0.05) is 38.5 Å². The van der Waals surface area contributed by atoms with Crippen LogP contribution in [0.1, 0.15) is 12.8 Å². The molecule has 0 amide bonds. The number of hydrogen-bond acceptors (Lipinski definition) is 4. The van der Waals surface area contributed by atoms with Crippen molar-refractivity contribution in [2.75, 3.05) is 50.0 Å². The smallest absolute Gasteiger partial charge is 0.214 e. The van der Waals surface area contributed by atoms with Gasteiger partial charge in [0.15, 0.2) is 0 Å². The lowest BCUT2D eigenvalue weighted by Gasteiger charge is -2.24. The van der Waals surface area contributed by atoms with Crippen molar-refractivity contribution in [3.63, 3.8) is 0 Å². The Labute approximate surface area is 132 Å². The molecule has 2 heterocycles. The van der Waals surface area contributed by atoms with Crippen molar-refractivity contribution in [1.29, 1.82) is 0 Å². The van der Waals surface area contributed by atoms with E-state index in [0.29, 0.717) is 26.3 Å². The molecule has 1 aromatic carbocycles. The van der Waals surface area contributed by atoms with Crippen LogP contribution in [0.15, 0.2) is 30.3 Å². The molecule has 1 unspecified atom stereocenters. The summed E-state index contributed by atoms with van der Waals surface area (Å²) in [7, 11) is -3.17. The molecule has 0 radical (unpaired) electrons. The van der Waals surface area contributed by atoms with Crippen molar-refractivity contribution in [2.24, 2.45) is 5.92 Å². The fraction of sp³-hybridized carbons (Fsp3) is 0.625. The lowest BCUT2D eigenvalue weighted by atomic mass is 10.2. The average Bonchev–Trinajstić information content (AvgIpc) is 2.88. The molecule has 0 N–H and O–H groups in total. The van der Waals surface area contributed by atoms with Gasteiger partial charge in [-0.05, 0) is 30.9 Å². The summed E-state index contributed by atoms with van der Waals surface area (Å²) in [5.41, 5.74) is 1.17. The SMILES string of the molecule is O=S(=O)(CC1CCOC1)N1CCCN(c2ccccc2)CC1. The first-order chi connectivity index (χ1) is 10.6. The van der Waals surface area contributed by atoms with E-state index in [0.717, 1.165) is 25.9 Å². The molecule has 0 spiro atoms. The highest BCUT2D eigenvalue weighted by atomic mass is 32.2. The van der Waals surface area contributed by atoms with Gasteiger partial charge >= 0.3 is 0 Å². The van der Waals surface area contributed by atoms with Gasteiger partial charge in [0.05, 0.1) is 12.4 Å². The second kappa shape index (κ2) is 6.98. The van der Waals surface area contributed by atoms with E-state index in [9.17, 15) is 8.42 Å². The fourth-order valence-electron chi connectivity index (χ4n) is 3.19. The molecule has 2 fully saturated rings. The molecule has 2 aliphatic heterocycles. The van der Waals surface area contributed by atoms with E-state index in [1.807, 2.05) is 18.2 Å². The second-order valence-electron chi connectivity index (χ2n) is 6.08. The molecule has 1 atom stereocenters. The zero-order chi connectivity index (χ0) is 15.4. The zero-order valence-corrected chi connectivity index (χ0v) is 13.7. The van der Waals surface area contributed by atoms with Crippen molar-refractivity contribution in [3.8, 4) is 0 Å². The minimum atomic E-state index is -3.17. The summed E-state index contributed by atoms with van der Waals surface area (Å²) in [6.07, 6.45) is 1.73. The maximum Gasteiger partial charge on any atom is 0.214 e. The van der Waals surface area contributed by atoms with E-state index >= 15 is 0 Å². The Hall–Kier alpha value is -1.11. The van der Waals surface area contributed by atoms with E-state index in [4.69, 9.17) is 4.74 Å². The van der Waals surface area contributed by atoms with Gasteiger partial charge in [0.1, 0.15) is 0 Å². The number of nitrogens with zero attached hydrogens (tertiary/aromatic N) is 2. The number of hydrogen-bond donors (Lipinski definition) is 0. The molecule has 1 aromatic rings. The number of para-hydroxylation sites is 1. The van der Waals surface area contributed by atoms with E-state index < -0.39 is 10.0 Å². The van der Waals surface area contributed by atoms with Crippen LogP contribution in [-0.4, -0.2) is 57.9 Å². The van der Waals surface area contributed by atoms with Crippen LogP contribution in [0.3, 0.4) is 0 Å². The maximum absolute atomic E-state index is 12.6. The third-order valence-corrected chi connectivity index (χ3v) is 6.48. The van der Waals surface area contributed by atoms with Crippen molar-refractivity contribution >= 4 is 15.7 Å². The molecule has 2 saturated heterocycles. The molecule has 0 aromatic heterocycles. The highest BCUT2D eigenvalue weighted by molar-refractivity contribution is 7.89. The van der Waals surface area contributed by atoms with Crippen LogP contribution >= 0.6 is 0 Å². The maximum atomic E-state index is 12.6. The van der Waals surface area contributed by atoms with Crippen LogP contribution in [0, 0.1) is 5.92 Å². The van der Waals surface area contributed by atoms with Crippen molar-refractivity contribution in [2.45, 2.75) is 12.8 Å². The molecule has 6 heteroatoms. The summed E-state index contributed by atoms with van der Waals surface area (Å²) < 4.78 is 32.2. The molecule has 3 rings (SSSR count). The third-order valence-electron chi connectivity index (χ3n) is 4.44. The number of sulfonamides is 1. The Bertz CT molecular complexity index is 570. The number of rotatable bonds is 4. The highest BCUT2D eigenvalue weighted by Crippen LogP contribution is 2.20. The standard InChI is InChI=1S/C16H24N2O3S/c19-22(20,14-15-7-12-21-13-15)18-9-4-8-17(10-11-18)16-5-2-1-3-6-16/h1-3,5-6,15H,4,7-14H2. The lowest BCUT2D eigenvalue weighted by molar-refractivity contribution is 0.188. The largest absolute Gasteiger partial charge is 0.381 e. The second-order valence-corrected chi connectivity index (χ2v) is 8.10. The van der Waals surface area contributed by atoms with Crippen LogP contribution < -0.4 is 4.90 Å². The zero-order valence-electron chi connectivity index (χ0n) is 12.9. The highest BCUT2D eigenvalue weighted by Gasteiger charge is 2.29. The Morgan fingerprint density at radius 1 is 1.09 bits per heavy atom. The third kappa shape index (κ3) is 3.80. The van der Waals surface area contributed by atoms with E-state index in [-0.39, 0.29) is 11.7 Å². The summed E-state index contributed by atoms with van der Waals surface area (Å²) in [6, 6.07) is 10.2. The Kier molecular flexibility index (Phi) is 5.00. The van der Waals surface area contributed by atoms with Gasteiger partial charge in [-0.2, -0.15) is 0 Å². The molecule has 122 valence electrons. The van der Waals surface area contributed by atoms with Gasteiger partial charge in [-0.25, -0.2) is 12.7 Å². The van der Waals surface area contributed by atoms with E-state index in [1.54, 1.807) is 4.31 Å². The fourth-order valence-corrected chi connectivity index (χ4v) is 5.02. The van der Waals surface area contributed by atoms with Crippen LogP contribution in [0.25, 0.3) is 0 Å². The monoisotopic (exact) mass is 324 g/mol. The summed E-state index contributed by atoms with van der Waals surface area (Å²) in [4.78, 5) is 2.27. The first kappa shape index (κ1) is 15.8. The molecular weight excluding hydrogens is 300 g/mol. The first-order valence-electron chi connectivity index (χ1n) is 8.01. The minimum Gasteiger partial charge on any atom is -0.381 e. The summed E-state index contributed by atoms with van der Waals surface area (Å²) in [5.74, 6) is 0.400. The molecule has 0 aliphatic carbocycles. The van der Waals surface area contributed by atoms with Crippen molar-refractivity contribution in [3.05, 3.63) is 30.3 Å². The Morgan fingerprint density at radius 3 is 2.64 bits per heavy atom. The Morgan fingerprint density at radius 2 is 1.91 bits per heavy atom. The topological polar surface area (TPSA) is 49.9 Å². The van der Waals surface area contributed by atoms with Gasteiger partial charge in [-0.15, -0.1) is 0 Å². The van der Waals surface area contributed by atoms with Crippen LogP contribution in [0.5, 0.6) is 0 Å². The van der Waals surface area contributed by atoms with Crippen molar-refractivity contribution in [1.82, 2.24) is 4.31 Å². The first-order valence-corrected chi connectivity index (χ1v) is 9.62. The van der Waals surface area contributed by atoms with Gasteiger partial charge < -0.3 is 9.64 Å². The predicted octanol–water partition coefficient (Wildman–Crippen LogP) is 1.56. The quantitative estimate of drug-likeness (QED) is 0.843. The van der Waals surface area contributed by atoms with Gasteiger partial charge in [0.2, 0.25) is 10.0 Å². The van der Waals surface area contributed by atoms with Crippen LogP contribution in [0.4, 0.5) is 5.69 Å². The Balaban J connectivity index is 1.62. The van der Waals surface area contributed by atoms with Crippen LogP contribution in [-0.2, 0) is 14.8 Å². The molecule has 2 aliphatic rings. The molecule has 22 heavy (non-hydrogen) atoms. The number of benzene rings is 1. The van der Waals surface area contributed by atoms with Crippen LogP contribution in [0.2, 0.25) is 0 Å². The summed E-state index contributed by atoms with van der Waals surface area (Å²) in [6.45, 7) is 4.14. The number of anilines is 1.